The van der Waals surface area contributed by atoms with Crippen LogP contribution >= 0.6 is 12.4 Å². The van der Waals surface area contributed by atoms with Crippen LogP contribution in [0, 0.1) is 0 Å². The molecule has 2 aliphatic heterocycles. The summed E-state index contributed by atoms with van der Waals surface area (Å²) < 4.78 is 32.3. The van der Waals surface area contributed by atoms with Crippen molar-refractivity contribution in [1.29, 1.82) is 0 Å². The molecule has 0 amide bonds. The lowest BCUT2D eigenvalue weighted by Crippen LogP contribution is -2.40. The molecule has 0 unspecified atom stereocenters. The number of hydrogen-bond acceptors (Lipinski definition) is 4. The van der Waals surface area contributed by atoms with Crippen molar-refractivity contribution >= 4 is 22.4 Å². The maximum absolute atomic E-state index is 12.8. The van der Waals surface area contributed by atoms with Gasteiger partial charge in [0.2, 0.25) is 10.0 Å². The van der Waals surface area contributed by atoms with Crippen LogP contribution in [0.5, 0.6) is 0 Å². The average molecular weight is 451 g/mol. The van der Waals surface area contributed by atoms with Gasteiger partial charge in [-0.2, -0.15) is 4.31 Å². The van der Waals surface area contributed by atoms with Crippen molar-refractivity contribution in [2.24, 2.45) is 0 Å². The minimum atomic E-state index is -3.44. The summed E-state index contributed by atoms with van der Waals surface area (Å²) in [5, 5.41) is 0. The van der Waals surface area contributed by atoms with Crippen LogP contribution in [0.25, 0.3) is 11.1 Å². The van der Waals surface area contributed by atoms with Crippen molar-refractivity contribution in [1.82, 2.24) is 9.21 Å². The summed E-state index contributed by atoms with van der Waals surface area (Å²) in [6, 6.07) is 16.6. The fourth-order valence-electron chi connectivity index (χ4n) is 4.22. The van der Waals surface area contributed by atoms with Crippen molar-refractivity contribution in [3.05, 3.63) is 54.1 Å². The molecule has 0 N–H and O–H groups in total. The van der Waals surface area contributed by atoms with Crippen molar-refractivity contribution in [3.63, 3.8) is 0 Å². The van der Waals surface area contributed by atoms with E-state index < -0.39 is 10.0 Å². The third kappa shape index (κ3) is 5.24. The molecule has 0 spiro atoms. The molecular weight excluding hydrogens is 420 g/mol. The molecule has 1 atom stereocenters. The lowest BCUT2D eigenvalue weighted by molar-refractivity contribution is 0.0730. The Labute approximate surface area is 186 Å². The van der Waals surface area contributed by atoms with E-state index in [9.17, 15) is 8.42 Å². The van der Waals surface area contributed by atoms with Crippen molar-refractivity contribution in [3.8, 4) is 11.1 Å². The summed E-state index contributed by atoms with van der Waals surface area (Å²) in [4.78, 5) is 2.92. The van der Waals surface area contributed by atoms with E-state index in [-0.39, 0.29) is 12.4 Å². The van der Waals surface area contributed by atoms with Gasteiger partial charge in [0.1, 0.15) is 0 Å². The number of likely N-dealkylation sites (tertiary alicyclic amines) is 1. The van der Waals surface area contributed by atoms with Crippen LogP contribution in [0.1, 0.15) is 25.3 Å². The average Bonchev–Trinajstić information content (AvgIpc) is 3.18. The molecule has 30 heavy (non-hydrogen) atoms. The second kappa shape index (κ2) is 10.2. The fourth-order valence-corrected chi connectivity index (χ4v) is 5.62. The molecule has 2 aromatic rings. The summed E-state index contributed by atoms with van der Waals surface area (Å²) in [5.41, 5.74) is 3.49. The molecule has 2 heterocycles. The summed E-state index contributed by atoms with van der Waals surface area (Å²) in [5.74, 6) is 0. The topological polar surface area (TPSA) is 49.9 Å². The van der Waals surface area contributed by atoms with Gasteiger partial charge in [-0.1, -0.05) is 36.4 Å². The van der Waals surface area contributed by atoms with E-state index in [1.165, 1.54) is 29.3 Å². The van der Waals surface area contributed by atoms with Gasteiger partial charge in [0.05, 0.1) is 18.1 Å². The molecular formula is C23H31ClN2O3S. The van der Waals surface area contributed by atoms with Crippen LogP contribution in [0.2, 0.25) is 0 Å². The zero-order chi connectivity index (χ0) is 20.3. The smallest absolute Gasteiger partial charge is 0.243 e. The maximum atomic E-state index is 12.8. The van der Waals surface area contributed by atoms with E-state index in [1.54, 1.807) is 12.1 Å². The summed E-state index contributed by atoms with van der Waals surface area (Å²) in [6.45, 7) is 6.41. The zero-order valence-corrected chi connectivity index (χ0v) is 19.1. The van der Waals surface area contributed by atoms with Gasteiger partial charge in [0.25, 0.3) is 0 Å². The van der Waals surface area contributed by atoms with Crippen LogP contribution in [0.15, 0.2) is 53.4 Å². The monoisotopic (exact) mass is 450 g/mol. The Morgan fingerprint density at radius 3 is 2.10 bits per heavy atom. The first-order valence-electron chi connectivity index (χ1n) is 10.6. The molecule has 0 saturated carbocycles. The number of benzene rings is 2. The molecule has 0 bridgehead atoms. The molecule has 2 fully saturated rings. The van der Waals surface area contributed by atoms with Crippen molar-refractivity contribution in [2.75, 3.05) is 39.4 Å². The van der Waals surface area contributed by atoms with Gasteiger partial charge in [0, 0.05) is 25.7 Å². The van der Waals surface area contributed by atoms with Gasteiger partial charge < -0.3 is 9.64 Å². The molecule has 0 aromatic heterocycles. The lowest BCUT2D eigenvalue weighted by atomic mass is 10.0. The lowest BCUT2D eigenvalue weighted by Gasteiger charge is -2.26. The van der Waals surface area contributed by atoms with E-state index in [1.807, 2.05) is 12.1 Å². The minimum Gasteiger partial charge on any atom is -0.379 e. The van der Waals surface area contributed by atoms with Gasteiger partial charge in [-0.25, -0.2) is 8.42 Å². The molecule has 2 aliphatic rings. The Bertz CT molecular complexity index is 910. The second-order valence-electron chi connectivity index (χ2n) is 8.01. The van der Waals surface area contributed by atoms with Gasteiger partial charge in [0.15, 0.2) is 0 Å². The highest BCUT2D eigenvalue weighted by Gasteiger charge is 2.26. The van der Waals surface area contributed by atoms with Crippen LogP contribution in [0.3, 0.4) is 0 Å². The maximum Gasteiger partial charge on any atom is 0.243 e. The van der Waals surface area contributed by atoms with Crippen LogP contribution in [-0.2, 0) is 21.2 Å². The first-order valence-corrected chi connectivity index (χ1v) is 12.0. The summed E-state index contributed by atoms with van der Waals surface area (Å²) in [7, 11) is -3.44. The van der Waals surface area contributed by atoms with E-state index >= 15 is 0 Å². The first kappa shape index (κ1) is 23.2. The van der Waals surface area contributed by atoms with Crippen LogP contribution in [0.4, 0.5) is 0 Å². The van der Waals surface area contributed by atoms with Gasteiger partial charge in [-0.15, -0.1) is 12.4 Å². The van der Waals surface area contributed by atoms with Crippen LogP contribution in [-0.4, -0.2) is 63.1 Å². The Hall–Kier alpha value is -1.44. The van der Waals surface area contributed by atoms with Gasteiger partial charge in [-0.3, -0.25) is 0 Å². The Balaban J connectivity index is 0.00000256. The highest BCUT2D eigenvalue weighted by Crippen LogP contribution is 2.24. The van der Waals surface area contributed by atoms with E-state index in [0.717, 1.165) is 24.1 Å². The highest BCUT2D eigenvalue weighted by atomic mass is 35.5. The number of rotatable bonds is 6. The van der Waals surface area contributed by atoms with E-state index in [4.69, 9.17) is 4.74 Å². The molecule has 0 radical (unpaired) electrons. The number of morpholine rings is 1. The van der Waals surface area contributed by atoms with Crippen molar-refractivity contribution in [2.45, 2.75) is 37.1 Å². The number of sulfonamides is 1. The molecule has 7 heteroatoms. The van der Waals surface area contributed by atoms with Crippen LogP contribution < -0.4 is 0 Å². The number of halogens is 1. The minimum absolute atomic E-state index is 0. The number of hydrogen-bond donors (Lipinski definition) is 0. The Morgan fingerprint density at radius 2 is 1.53 bits per heavy atom. The fraction of sp³-hybridized carbons (Fsp3) is 0.478. The van der Waals surface area contributed by atoms with Crippen molar-refractivity contribution < 1.29 is 13.2 Å². The second-order valence-corrected chi connectivity index (χ2v) is 9.95. The quantitative estimate of drug-likeness (QED) is 0.671. The third-order valence-corrected chi connectivity index (χ3v) is 8.04. The normalized spacial score (nSPS) is 20.8. The molecule has 5 nitrogen and oxygen atoms in total. The van der Waals surface area contributed by atoms with Gasteiger partial charge in [-0.05, 0) is 61.6 Å². The first-order chi connectivity index (χ1) is 14.0. The molecule has 0 aliphatic carbocycles. The van der Waals surface area contributed by atoms with E-state index in [2.05, 4.69) is 36.1 Å². The Morgan fingerprint density at radius 1 is 0.933 bits per heavy atom. The molecule has 2 saturated heterocycles. The SMILES string of the molecule is C[C@@H]1CCCN1CCc1ccc(-c2ccc(S(=O)(=O)N3CCOCC3)cc2)cc1.Cl. The zero-order valence-electron chi connectivity index (χ0n) is 17.5. The Kier molecular flexibility index (Phi) is 7.93. The number of ether oxygens (including phenoxy) is 1. The summed E-state index contributed by atoms with van der Waals surface area (Å²) >= 11 is 0. The predicted octanol–water partition coefficient (Wildman–Crippen LogP) is 3.82. The number of nitrogens with zero attached hydrogens (tertiary/aromatic N) is 2. The third-order valence-electron chi connectivity index (χ3n) is 6.13. The highest BCUT2D eigenvalue weighted by molar-refractivity contribution is 7.89. The molecule has 2 aromatic carbocycles. The standard InChI is InChI=1S/C23H30N2O3S.ClH/c1-19-3-2-13-24(19)14-12-20-4-6-21(7-5-20)22-8-10-23(11-9-22)29(26,27)25-15-17-28-18-16-25;/h4-11,19H,2-3,12-18H2,1H3;1H/t19-;/m1./s1. The predicted molar refractivity (Wildman–Crippen MR) is 123 cm³/mol. The van der Waals surface area contributed by atoms with E-state index in [0.29, 0.717) is 37.2 Å². The largest absolute Gasteiger partial charge is 0.379 e. The molecule has 164 valence electrons. The summed E-state index contributed by atoms with van der Waals surface area (Å²) in [6.07, 6.45) is 3.70. The molecule has 4 rings (SSSR count). The van der Waals surface area contributed by atoms with Gasteiger partial charge >= 0.3 is 0 Å².